The van der Waals surface area contributed by atoms with Crippen molar-refractivity contribution in [1.82, 2.24) is 9.97 Å². The maximum absolute atomic E-state index is 8.61. The van der Waals surface area contributed by atoms with E-state index in [2.05, 4.69) is 29.9 Å². The standard InChI is InChI=1S/C10H13N3S/c1-10(2,3-4-11)8-14-9-7-12-5-6-13-9/h5-7H,3,8H2,1-2H3. The van der Waals surface area contributed by atoms with E-state index >= 15 is 0 Å². The van der Waals surface area contributed by atoms with Crippen molar-refractivity contribution in [3.8, 4) is 6.07 Å². The van der Waals surface area contributed by atoms with E-state index in [-0.39, 0.29) is 5.41 Å². The molecule has 0 aliphatic rings. The minimum Gasteiger partial charge on any atom is -0.260 e. The molecule has 1 aromatic heterocycles. The van der Waals surface area contributed by atoms with Crippen molar-refractivity contribution in [1.29, 1.82) is 5.26 Å². The molecule has 0 aromatic carbocycles. The molecule has 4 heteroatoms. The molecule has 0 fully saturated rings. The second kappa shape index (κ2) is 4.97. The van der Waals surface area contributed by atoms with Gasteiger partial charge in [-0.05, 0) is 5.41 Å². The molecule has 1 heterocycles. The molecule has 0 unspecified atom stereocenters. The lowest BCUT2D eigenvalue weighted by molar-refractivity contribution is 0.436. The molecule has 0 amide bonds. The number of rotatable bonds is 4. The molecular formula is C10H13N3S. The average Bonchev–Trinajstić information content (AvgIpc) is 2.17. The lowest BCUT2D eigenvalue weighted by Gasteiger charge is -2.19. The highest BCUT2D eigenvalue weighted by atomic mass is 32.2. The first-order valence-corrected chi connectivity index (χ1v) is 5.38. The zero-order valence-electron chi connectivity index (χ0n) is 8.40. The molecule has 0 aliphatic carbocycles. The molecule has 0 N–H and O–H groups in total. The van der Waals surface area contributed by atoms with Gasteiger partial charge in [0.2, 0.25) is 0 Å². The molecule has 0 aliphatic heterocycles. The molecule has 3 nitrogen and oxygen atoms in total. The van der Waals surface area contributed by atoms with E-state index in [4.69, 9.17) is 5.26 Å². The third-order valence-corrected chi connectivity index (χ3v) is 3.14. The van der Waals surface area contributed by atoms with E-state index in [1.807, 2.05) is 0 Å². The van der Waals surface area contributed by atoms with Crippen LogP contribution in [-0.4, -0.2) is 15.7 Å². The van der Waals surface area contributed by atoms with Crippen molar-refractivity contribution >= 4 is 11.8 Å². The van der Waals surface area contributed by atoms with Crippen LogP contribution in [-0.2, 0) is 0 Å². The molecule has 0 saturated heterocycles. The fraction of sp³-hybridized carbons (Fsp3) is 0.500. The minimum absolute atomic E-state index is 0.0386. The lowest BCUT2D eigenvalue weighted by Crippen LogP contribution is -2.13. The zero-order chi connectivity index (χ0) is 10.4. The molecule has 74 valence electrons. The molecule has 0 bridgehead atoms. The van der Waals surface area contributed by atoms with Crippen molar-refractivity contribution in [3.63, 3.8) is 0 Å². The van der Waals surface area contributed by atoms with Gasteiger partial charge in [0.15, 0.2) is 0 Å². The van der Waals surface area contributed by atoms with Crippen LogP contribution < -0.4 is 0 Å². The Morgan fingerprint density at radius 2 is 2.29 bits per heavy atom. The number of hydrogen-bond acceptors (Lipinski definition) is 4. The number of hydrogen-bond donors (Lipinski definition) is 0. The van der Waals surface area contributed by atoms with Crippen LogP contribution in [0, 0.1) is 16.7 Å². The van der Waals surface area contributed by atoms with Gasteiger partial charge in [-0.1, -0.05) is 13.8 Å². The Labute approximate surface area is 88.6 Å². The highest BCUT2D eigenvalue weighted by Crippen LogP contribution is 2.28. The Bertz CT molecular complexity index is 316. The summed E-state index contributed by atoms with van der Waals surface area (Å²) in [6.07, 6.45) is 5.65. The summed E-state index contributed by atoms with van der Waals surface area (Å²) in [6.45, 7) is 4.17. The maximum atomic E-state index is 8.61. The molecule has 0 saturated carbocycles. The van der Waals surface area contributed by atoms with Gasteiger partial charge in [0.25, 0.3) is 0 Å². The van der Waals surface area contributed by atoms with E-state index in [1.165, 1.54) is 0 Å². The molecular weight excluding hydrogens is 194 g/mol. The lowest BCUT2D eigenvalue weighted by atomic mass is 9.93. The normalized spacial score (nSPS) is 10.9. The molecule has 0 spiro atoms. The van der Waals surface area contributed by atoms with Crippen LogP contribution >= 0.6 is 11.8 Å². The summed E-state index contributed by atoms with van der Waals surface area (Å²) >= 11 is 1.64. The second-order valence-electron chi connectivity index (χ2n) is 3.83. The van der Waals surface area contributed by atoms with Crippen LogP contribution in [0.4, 0.5) is 0 Å². The van der Waals surface area contributed by atoms with E-state index in [0.29, 0.717) is 6.42 Å². The molecule has 14 heavy (non-hydrogen) atoms. The van der Waals surface area contributed by atoms with Crippen molar-refractivity contribution in [2.75, 3.05) is 5.75 Å². The summed E-state index contributed by atoms with van der Waals surface area (Å²) in [4.78, 5) is 8.14. The van der Waals surface area contributed by atoms with E-state index in [0.717, 1.165) is 10.8 Å². The number of thioether (sulfide) groups is 1. The fourth-order valence-electron chi connectivity index (χ4n) is 0.894. The number of nitrogens with zero attached hydrogens (tertiary/aromatic N) is 3. The number of aromatic nitrogens is 2. The van der Waals surface area contributed by atoms with Gasteiger partial charge in [-0.2, -0.15) is 5.26 Å². The predicted molar refractivity (Wildman–Crippen MR) is 56.8 cm³/mol. The van der Waals surface area contributed by atoms with Gasteiger partial charge >= 0.3 is 0 Å². The monoisotopic (exact) mass is 207 g/mol. The van der Waals surface area contributed by atoms with Gasteiger partial charge in [0, 0.05) is 24.6 Å². The fourth-order valence-corrected chi connectivity index (χ4v) is 1.81. The van der Waals surface area contributed by atoms with Crippen LogP contribution in [0.5, 0.6) is 0 Å². The predicted octanol–water partition coefficient (Wildman–Crippen LogP) is 2.51. The van der Waals surface area contributed by atoms with Crippen LogP contribution in [0.15, 0.2) is 23.6 Å². The molecule has 0 atom stereocenters. The molecule has 1 aromatic rings. The summed E-state index contributed by atoms with van der Waals surface area (Å²) < 4.78 is 0. The van der Waals surface area contributed by atoms with E-state index in [1.54, 1.807) is 30.4 Å². The van der Waals surface area contributed by atoms with Crippen LogP contribution in [0.2, 0.25) is 0 Å². The van der Waals surface area contributed by atoms with E-state index in [9.17, 15) is 0 Å². The highest BCUT2D eigenvalue weighted by molar-refractivity contribution is 7.99. The summed E-state index contributed by atoms with van der Waals surface area (Å²) in [5.41, 5.74) is 0.0386. The third-order valence-electron chi connectivity index (χ3n) is 1.71. The second-order valence-corrected chi connectivity index (χ2v) is 4.83. The Kier molecular flexibility index (Phi) is 3.90. The topological polar surface area (TPSA) is 49.6 Å². The highest BCUT2D eigenvalue weighted by Gasteiger charge is 2.17. The van der Waals surface area contributed by atoms with Crippen LogP contribution in [0.25, 0.3) is 0 Å². The first-order chi connectivity index (χ1) is 6.64. The van der Waals surface area contributed by atoms with Gasteiger partial charge in [0.1, 0.15) is 5.03 Å². The maximum Gasteiger partial charge on any atom is 0.114 e. The van der Waals surface area contributed by atoms with Gasteiger partial charge < -0.3 is 0 Å². The van der Waals surface area contributed by atoms with Gasteiger partial charge in [-0.15, -0.1) is 11.8 Å². The first kappa shape index (κ1) is 11.0. The van der Waals surface area contributed by atoms with Gasteiger partial charge in [0.05, 0.1) is 12.3 Å². The summed E-state index contributed by atoms with van der Waals surface area (Å²) in [5, 5.41) is 9.53. The molecule has 0 radical (unpaired) electrons. The zero-order valence-corrected chi connectivity index (χ0v) is 9.21. The quantitative estimate of drug-likeness (QED) is 0.712. The summed E-state index contributed by atoms with van der Waals surface area (Å²) in [6, 6.07) is 2.19. The van der Waals surface area contributed by atoms with Crippen molar-refractivity contribution in [3.05, 3.63) is 18.6 Å². The van der Waals surface area contributed by atoms with Gasteiger partial charge in [-0.3, -0.25) is 4.98 Å². The molecule has 1 rings (SSSR count). The van der Waals surface area contributed by atoms with Crippen molar-refractivity contribution in [2.24, 2.45) is 5.41 Å². The summed E-state index contributed by atoms with van der Waals surface area (Å²) in [7, 11) is 0. The Hall–Kier alpha value is -1.08. The van der Waals surface area contributed by atoms with Crippen molar-refractivity contribution in [2.45, 2.75) is 25.3 Å². The SMILES string of the molecule is CC(C)(CC#N)CSc1cnccn1. The smallest absolute Gasteiger partial charge is 0.114 e. The Morgan fingerprint density at radius 3 is 2.86 bits per heavy atom. The average molecular weight is 207 g/mol. The van der Waals surface area contributed by atoms with E-state index < -0.39 is 0 Å². The number of nitriles is 1. The van der Waals surface area contributed by atoms with Crippen LogP contribution in [0.1, 0.15) is 20.3 Å². The first-order valence-electron chi connectivity index (χ1n) is 4.40. The minimum atomic E-state index is 0.0386. The Balaban J connectivity index is 2.45. The van der Waals surface area contributed by atoms with Crippen molar-refractivity contribution < 1.29 is 0 Å². The largest absolute Gasteiger partial charge is 0.260 e. The summed E-state index contributed by atoms with van der Waals surface area (Å²) in [5.74, 6) is 0.888. The van der Waals surface area contributed by atoms with Gasteiger partial charge in [-0.25, -0.2) is 4.98 Å². The Morgan fingerprint density at radius 1 is 1.50 bits per heavy atom. The third kappa shape index (κ3) is 3.75. The van der Waals surface area contributed by atoms with Crippen LogP contribution in [0.3, 0.4) is 0 Å².